The highest BCUT2D eigenvalue weighted by Gasteiger charge is 2.30. The molecule has 3 aromatic carbocycles. The average molecular weight is 614 g/mol. The van der Waals surface area contributed by atoms with E-state index in [2.05, 4.69) is 15.6 Å². The zero-order chi connectivity index (χ0) is 31.5. The average Bonchev–Trinajstić information content (AvgIpc) is 3.03. The van der Waals surface area contributed by atoms with Crippen LogP contribution in [0.25, 0.3) is 0 Å². The first kappa shape index (κ1) is 32.2. The van der Waals surface area contributed by atoms with Crippen molar-refractivity contribution in [3.05, 3.63) is 130 Å². The molecule has 4 aromatic rings. The van der Waals surface area contributed by atoms with Crippen molar-refractivity contribution in [2.45, 2.75) is 44.8 Å². The van der Waals surface area contributed by atoms with Crippen molar-refractivity contribution < 1.29 is 19.1 Å². The molecule has 10 heteroatoms. The number of aromatic nitrogens is 1. The number of nitrogens with two attached hydrogens (primary N) is 2. The van der Waals surface area contributed by atoms with Gasteiger partial charge in [-0.05, 0) is 77.6 Å². The van der Waals surface area contributed by atoms with E-state index < -0.39 is 23.8 Å². The molecule has 228 valence electrons. The van der Waals surface area contributed by atoms with Crippen molar-refractivity contribution in [3.63, 3.8) is 0 Å². The van der Waals surface area contributed by atoms with Gasteiger partial charge in [-0.3, -0.25) is 19.4 Å². The van der Waals surface area contributed by atoms with Gasteiger partial charge >= 0.3 is 0 Å². The third-order valence-electron chi connectivity index (χ3n) is 7.17. The third kappa shape index (κ3) is 8.89. The Morgan fingerprint density at radius 1 is 0.886 bits per heavy atom. The molecule has 1 heterocycles. The molecule has 0 aliphatic heterocycles. The molecule has 9 nitrogen and oxygen atoms in total. The van der Waals surface area contributed by atoms with Crippen LogP contribution in [0.1, 0.15) is 51.0 Å². The van der Waals surface area contributed by atoms with Gasteiger partial charge in [0.15, 0.2) is 0 Å². The number of rotatable bonds is 14. The maximum atomic E-state index is 14.1. The van der Waals surface area contributed by atoms with E-state index in [4.69, 9.17) is 27.8 Å². The van der Waals surface area contributed by atoms with E-state index in [1.807, 2.05) is 61.5 Å². The van der Waals surface area contributed by atoms with Gasteiger partial charge in [-0.25, -0.2) is 0 Å². The largest absolute Gasteiger partial charge is 0.494 e. The molecule has 2 atom stereocenters. The van der Waals surface area contributed by atoms with E-state index >= 15 is 0 Å². The van der Waals surface area contributed by atoms with Crippen molar-refractivity contribution in [1.82, 2.24) is 15.6 Å². The van der Waals surface area contributed by atoms with E-state index in [1.54, 1.807) is 30.6 Å². The predicted molar refractivity (Wildman–Crippen MR) is 170 cm³/mol. The second-order valence-corrected chi connectivity index (χ2v) is 10.7. The summed E-state index contributed by atoms with van der Waals surface area (Å²) in [5.74, 6) is -1.71. The van der Waals surface area contributed by atoms with Gasteiger partial charge in [0.2, 0.25) is 17.7 Å². The molecule has 4 rings (SSSR count). The molecule has 0 radical (unpaired) electrons. The zero-order valence-electron chi connectivity index (χ0n) is 24.5. The number of pyridine rings is 1. The molecule has 0 spiro atoms. The highest BCUT2D eigenvalue weighted by molar-refractivity contribution is 6.30. The molecule has 0 aliphatic carbocycles. The van der Waals surface area contributed by atoms with Crippen LogP contribution in [-0.2, 0) is 35.5 Å². The van der Waals surface area contributed by atoms with Gasteiger partial charge in [0.1, 0.15) is 11.8 Å². The van der Waals surface area contributed by atoms with Crippen LogP contribution in [-0.4, -0.2) is 35.4 Å². The molecule has 0 bridgehead atoms. The second kappa shape index (κ2) is 15.7. The lowest BCUT2D eigenvalue weighted by Crippen LogP contribution is -2.49. The summed E-state index contributed by atoms with van der Waals surface area (Å²) in [7, 11) is 0. The summed E-state index contributed by atoms with van der Waals surface area (Å²) in [6, 6.07) is 22.3. The van der Waals surface area contributed by atoms with Crippen LogP contribution in [0, 0.1) is 0 Å². The van der Waals surface area contributed by atoms with Crippen molar-refractivity contribution in [2.75, 3.05) is 6.61 Å². The summed E-state index contributed by atoms with van der Waals surface area (Å²) in [5, 5.41) is 6.22. The smallest absolute Gasteiger partial charge is 0.249 e. The quantitative estimate of drug-likeness (QED) is 0.168. The minimum atomic E-state index is -0.936. The number of nitrogens with one attached hydrogen (secondary N) is 2. The molecule has 3 amide bonds. The third-order valence-corrected chi connectivity index (χ3v) is 7.40. The molecule has 0 unspecified atom stereocenters. The summed E-state index contributed by atoms with van der Waals surface area (Å²) in [5.41, 5.74) is 15.4. The predicted octanol–water partition coefficient (Wildman–Crippen LogP) is 4.06. The second-order valence-electron chi connectivity index (χ2n) is 10.3. The van der Waals surface area contributed by atoms with Crippen molar-refractivity contribution in [3.8, 4) is 5.75 Å². The Bertz CT molecular complexity index is 1560. The van der Waals surface area contributed by atoms with Gasteiger partial charge in [-0.1, -0.05) is 54.1 Å². The molecule has 0 saturated carbocycles. The number of primary amides is 1. The van der Waals surface area contributed by atoms with Gasteiger partial charge in [0.05, 0.1) is 12.5 Å². The first-order valence-electron chi connectivity index (χ1n) is 14.3. The number of carbonyl (C=O) groups excluding carboxylic acids is 3. The minimum absolute atomic E-state index is 0.176. The highest BCUT2D eigenvalue weighted by atomic mass is 35.5. The van der Waals surface area contributed by atoms with Crippen LogP contribution < -0.4 is 26.8 Å². The number of amides is 3. The molecule has 1 aromatic heterocycles. The fourth-order valence-corrected chi connectivity index (χ4v) is 5.04. The van der Waals surface area contributed by atoms with Gasteiger partial charge in [0, 0.05) is 42.5 Å². The van der Waals surface area contributed by atoms with Crippen LogP contribution in [0.5, 0.6) is 5.75 Å². The minimum Gasteiger partial charge on any atom is -0.494 e. The SMILES string of the molecule is CCOc1ccc(C[C@@H](C(=O)N[C@@H](Cc2cccnc2)C(=O)NCc2ccc(CN)cc2)c2cc(Cl)ccc2C(N)=O)cc1. The lowest BCUT2D eigenvalue weighted by Gasteiger charge is -2.24. The number of benzene rings is 3. The van der Waals surface area contributed by atoms with Gasteiger partial charge in [0.25, 0.3) is 0 Å². The first-order valence-corrected chi connectivity index (χ1v) is 14.7. The summed E-state index contributed by atoms with van der Waals surface area (Å²) >= 11 is 6.33. The molecule has 0 fully saturated rings. The van der Waals surface area contributed by atoms with Gasteiger partial charge in [-0.2, -0.15) is 0 Å². The Labute approximate surface area is 262 Å². The van der Waals surface area contributed by atoms with Gasteiger partial charge in [-0.15, -0.1) is 0 Å². The Balaban J connectivity index is 1.63. The number of halogens is 1. The van der Waals surface area contributed by atoms with Crippen LogP contribution in [0.15, 0.2) is 91.3 Å². The first-order chi connectivity index (χ1) is 21.3. The Kier molecular flexibility index (Phi) is 11.5. The molecular formula is C34H36ClN5O4. The zero-order valence-corrected chi connectivity index (χ0v) is 25.2. The molecule has 44 heavy (non-hydrogen) atoms. The van der Waals surface area contributed by atoms with E-state index in [0.29, 0.717) is 29.5 Å². The lowest BCUT2D eigenvalue weighted by atomic mass is 9.87. The number of nitrogens with zero attached hydrogens (tertiary/aromatic N) is 1. The molecule has 0 aliphatic rings. The van der Waals surface area contributed by atoms with E-state index in [9.17, 15) is 14.4 Å². The maximum absolute atomic E-state index is 14.1. The lowest BCUT2D eigenvalue weighted by molar-refractivity contribution is -0.129. The molecule has 6 N–H and O–H groups in total. The van der Waals surface area contributed by atoms with Crippen LogP contribution in [0.2, 0.25) is 5.02 Å². The maximum Gasteiger partial charge on any atom is 0.249 e. The fraction of sp³-hybridized carbons (Fsp3) is 0.235. The van der Waals surface area contributed by atoms with E-state index in [0.717, 1.165) is 22.3 Å². The number of hydrogen-bond acceptors (Lipinski definition) is 6. The Morgan fingerprint density at radius 2 is 1.59 bits per heavy atom. The van der Waals surface area contributed by atoms with E-state index in [1.165, 1.54) is 6.07 Å². The number of hydrogen-bond donors (Lipinski definition) is 4. The molecule has 0 saturated heterocycles. The van der Waals surface area contributed by atoms with Crippen LogP contribution in [0.3, 0.4) is 0 Å². The Hall–Kier alpha value is -4.73. The highest BCUT2D eigenvalue weighted by Crippen LogP contribution is 2.29. The van der Waals surface area contributed by atoms with Crippen molar-refractivity contribution in [1.29, 1.82) is 0 Å². The van der Waals surface area contributed by atoms with Crippen LogP contribution in [0.4, 0.5) is 0 Å². The Morgan fingerprint density at radius 3 is 2.23 bits per heavy atom. The standard InChI is InChI=1S/C34H36ClN5O4/c1-2-44-27-12-9-22(10-13-27)16-30(29-18-26(35)11-14-28(29)32(37)41)33(42)40-31(17-25-4-3-15-38-20-25)34(43)39-21-24-7-5-23(19-36)6-8-24/h3-15,18,20,30-31H,2,16-17,19,21,36H2,1H3,(H2,37,41)(H,39,43)(H,40,42)/t30-,31+/m1/s1. The normalized spacial score (nSPS) is 12.2. The number of ether oxygens (including phenoxy) is 1. The van der Waals surface area contributed by atoms with Crippen molar-refractivity contribution >= 4 is 29.3 Å². The summed E-state index contributed by atoms with van der Waals surface area (Å²) < 4.78 is 5.55. The number of carbonyl (C=O) groups is 3. The summed E-state index contributed by atoms with van der Waals surface area (Å²) in [6.07, 6.45) is 3.70. The summed E-state index contributed by atoms with van der Waals surface area (Å²) in [4.78, 5) is 44.2. The fourth-order valence-electron chi connectivity index (χ4n) is 4.86. The van der Waals surface area contributed by atoms with Gasteiger partial charge < -0.3 is 26.8 Å². The summed E-state index contributed by atoms with van der Waals surface area (Å²) in [6.45, 7) is 3.11. The van der Waals surface area contributed by atoms with Crippen molar-refractivity contribution in [2.24, 2.45) is 11.5 Å². The van der Waals surface area contributed by atoms with Crippen LogP contribution >= 0.6 is 11.6 Å². The monoisotopic (exact) mass is 613 g/mol. The van der Waals surface area contributed by atoms with E-state index in [-0.39, 0.29) is 30.9 Å². The molecular weight excluding hydrogens is 578 g/mol. The topological polar surface area (TPSA) is 149 Å².